The van der Waals surface area contributed by atoms with Crippen LogP contribution in [0.1, 0.15) is 48.0 Å². The van der Waals surface area contributed by atoms with E-state index in [4.69, 9.17) is 30.9 Å². The highest BCUT2D eigenvalue weighted by molar-refractivity contribution is 8.23. The summed E-state index contributed by atoms with van der Waals surface area (Å²) in [7, 11) is 0.270. The zero-order valence-corrected chi connectivity index (χ0v) is 25.5. The van der Waals surface area contributed by atoms with Crippen LogP contribution < -0.4 is 0 Å². The molecule has 0 spiro atoms. The van der Waals surface area contributed by atoms with Crippen molar-refractivity contribution < 1.29 is 37.8 Å². The molecule has 1 aliphatic heterocycles. The number of rotatable bonds is 9. The molecule has 12 heteroatoms. The molecule has 36 heavy (non-hydrogen) atoms. The molecule has 5 atom stereocenters. The zero-order valence-electron chi connectivity index (χ0n) is 22.8. The van der Waals surface area contributed by atoms with E-state index in [1.807, 2.05) is 6.92 Å². The number of carbonyl (C=O) groups is 4. The van der Waals surface area contributed by atoms with Crippen LogP contribution in [0.15, 0.2) is 0 Å². The molecule has 0 unspecified atom stereocenters. The molecule has 2 fully saturated rings. The number of nitrogens with zero attached hydrogens (tertiary/aromatic N) is 1. The number of methoxy groups -OCH3 is 2. The summed E-state index contributed by atoms with van der Waals surface area (Å²) in [5.74, 6) is -4.23. The first kappa shape index (κ1) is 30.7. The van der Waals surface area contributed by atoms with Gasteiger partial charge in [-0.2, -0.15) is 0 Å². The van der Waals surface area contributed by atoms with Gasteiger partial charge in [0.15, 0.2) is 8.32 Å². The third-order valence-corrected chi connectivity index (χ3v) is 13.9. The van der Waals surface area contributed by atoms with Gasteiger partial charge in [0.25, 0.3) is 0 Å². The van der Waals surface area contributed by atoms with Gasteiger partial charge in [-0.25, -0.2) is 0 Å². The molecule has 0 N–H and O–H groups in total. The van der Waals surface area contributed by atoms with Gasteiger partial charge in [0.1, 0.15) is 0 Å². The molecule has 9 nitrogen and oxygen atoms in total. The number of β-lactam (4-membered cyclic amide) rings is 1. The zero-order chi connectivity index (χ0) is 27.8. The Morgan fingerprint density at radius 1 is 1.14 bits per heavy atom. The first-order chi connectivity index (χ1) is 16.5. The summed E-state index contributed by atoms with van der Waals surface area (Å²) < 4.78 is 21.1. The second-order valence-electron chi connectivity index (χ2n) is 10.8. The fraction of sp³-hybridized carbons (Fsp3) is 0.792. The Hall–Kier alpha value is -1.50. The molecule has 1 heterocycles. The van der Waals surface area contributed by atoms with Crippen LogP contribution in [0.25, 0.3) is 0 Å². The minimum Gasteiger partial charge on any atom is -0.479 e. The average molecular weight is 562 g/mol. The van der Waals surface area contributed by atoms with Crippen LogP contribution in [0.3, 0.4) is 0 Å². The molecule has 2 rings (SSSR count). The quantitative estimate of drug-likeness (QED) is 0.179. The van der Waals surface area contributed by atoms with Crippen molar-refractivity contribution in [2.45, 2.75) is 83.0 Å². The monoisotopic (exact) mass is 561 g/mol. The third-order valence-electron chi connectivity index (χ3n) is 7.65. The molecule has 2 aliphatic rings. The smallest absolute Gasteiger partial charge is 0.311 e. The Kier molecular flexibility index (Phi) is 9.46. The lowest BCUT2D eigenvalue weighted by atomic mass is 9.79. The lowest BCUT2D eigenvalue weighted by Crippen LogP contribution is -2.67. The molecule has 204 valence electrons. The molecule has 1 aliphatic carbocycles. The van der Waals surface area contributed by atoms with Crippen molar-refractivity contribution in [1.82, 2.24) is 4.90 Å². The Bertz CT molecular complexity index is 896. The van der Waals surface area contributed by atoms with Crippen LogP contribution in [-0.4, -0.2) is 79.1 Å². The number of hydrogen-bond acceptors (Lipinski definition) is 10. The van der Waals surface area contributed by atoms with Gasteiger partial charge < -0.3 is 18.6 Å². The average Bonchev–Trinajstić information content (AvgIpc) is 3.37. The largest absolute Gasteiger partial charge is 0.479 e. The summed E-state index contributed by atoms with van der Waals surface area (Å²) in [4.78, 5) is 52.3. The molecular formula is C24H39NO8S2Si. The van der Waals surface area contributed by atoms with Gasteiger partial charge >= 0.3 is 11.9 Å². The number of likely N-dealkylation sites (tertiary alicyclic amines) is 1. The topological polar surface area (TPSA) is 108 Å². The van der Waals surface area contributed by atoms with Crippen LogP contribution in [0, 0.1) is 17.8 Å². The number of thiocarbonyl (C=S) groups is 1. The Labute approximate surface area is 224 Å². The highest BCUT2D eigenvalue weighted by Crippen LogP contribution is 2.65. The van der Waals surface area contributed by atoms with Crippen molar-refractivity contribution in [2.75, 3.05) is 20.8 Å². The fourth-order valence-electron chi connectivity index (χ4n) is 4.80. The first-order valence-electron chi connectivity index (χ1n) is 12.0. The molecular weight excluding hydrogens is 522 g/mol. The van der Waals surface area contributed by atoms with E-state index in [2.05, 4.69) is 33.9 Å². The number of carbonyl (C=O) groups excluding carboxylic acids is 4. The van der Waals surface area contributed by atoms with Gasteiger partial charge in [0.05, 0.1) is 55.5 Å². The lowest BCUT2D eigenvalue weighted by Gasteiger charge is -2.51. The predicted molar refractivity (Wildman–Crippen MR) is 143 cm³/mol. The minimum absolute atomic E-state index is 0.0764. The van der Waals surface area contributed by atoms with Gasteiger partial charge in [-0.15, -0.1) is 0 Å². The molecule has 0 bridgehead atoms. The van der Waals surface area contributed by atoms with Gasteiger partial charge in [-0.3, -0.25) is 24.1 Å². The van der Waals surface area contributed by atoms with E-state index in [1.54, 1.807) is 6.92 Å². The number of ether oxygens (including phenoxy) is 3. The second-order valence-corrected chi connectivity index (χ2v) is 17.6. The number of hydrogen-bond donors (Lipinski definition) is 0. The SMILES string of the molecule is CCOC(=S)SC1(C[C@@H]2[C@@H]([C@@H](C)O[Si](C)(C)C(C)(C)C)C(=O)N2C(C)=O)[C@H](C(=O)OC)[C@H]1C(=O)OC. The van der Waals surface area contributed by atoms with E-state index in [1.165, 1.54) is 26.0 Å². The summed E-state index contributed by atoms with van der Waals surface area (Å²) in [6.07, 6.45) is -0.321. The number of amides is 2. The van der Waals surface area contributed by atoms with Crippen molar-refractivity contribution in [3.63, 3.8) is 0 Å². The molecule has 1 saturated heterocycles. The van der Waals surface area contributed by atoms with Crippen molar-refractivity contribution >= 4 is 60.4 Å². The van der Waals surface area contributed by atoms with Gasteiger partial charge in [0.2, 0.25) is 16.2 Å². The molecule has 0 aromatic carbocycles. The predicted octanol–water partition coefficient (Wildman–Crippen LogP) is 3.55. The van der Waals surface area contributed by atoms with Crippen LogP contribution in [0.2, 0.25) is 18.1 Å². The first-order valence-corrected chi connectivity index (χ1v) is 16.2. The minimum atomic E-state index is -2.23. The van der Waals surface area contributed by atoms with E-state index in [9.17, 15) is 19.2 Å². The maximum absolute atomic E-state index is 13.2. The van der Waals surface area contributed by atoms with Gasteiger partial charge in [-0.05, 0) is 50.6 Å². The summed E-state index contributed by atoms with van der Waals surface area (Å²) in [5, 5.41) is -0.0764. The normalized spacial score (nSPS) is 28.6. The third kappa shape index (κ3) is 5.66. The van der Waals surface area contributed by atoms with E-state index in [0.717, 1.165) is 11.8 Å². The van der Waals surface area contributed by atoms with Crippen LogP contribution in [-0.2, 0) is 37.8 Å². The van der Waals surface area contributed by atoms with Crippen LogP contribution in [0.5, 0.6) is 0 Å². The van der Waals surface area contributed by atoms with E-state index < -0.39 is 60.8 Å². The van der Waals surface area contributed by atoms with Crippen LogP contribution in [0.4, 0.5) is 0 Å². The second kappa shape index (κ2) is 11.1. The van der Waals surface area contributed by atoms with Gasteiger partial charge in [0, 0.05) is 6.92 Å². The number of imide groups is 1. The number of esters is 2. The van der Waals surface area contributed by atoms with E-state index >= 15 is 0 Å². The highest BCUT2D eigenvalue weighted by atomic mass is 32.2. The Balaban J connectivity index is 2.48. The van der Waals surface area contributed by atoms with E-state index in [-0.39, 0.29) is 21.7 Å². The lowest BCUT2D eigenvalue weighted by molar-refractivity contribution is -0.171. The van der Waals surface area contributed by atoms with Crippen molar-refractivity contribution in [3.8, 4) is 0 Å². The summed E-state index contributed by atoms with van der Waals surface area (Å²) in [5.41, 5.74) is 0. The maximum Gasteiger partial charge on any atom is 0.311 e. The molecule has 0 aromatic heterocycles. The number of thioether (sulfide) groups is 1. The van der Waals surface area contributed by atoms with Crippen molar-refractivity contribution in [1.29, 1.82) is 0 Å². The Morgan fingerprint density at radius 3 is 2.03 bits per heavy atom. The highest BCUT2D eigenvalue weighted by Gasteiger charge is 2.76. The summed E-state index contributed by atoms with van der Waals surface area (Å²) in [6.45, 7) is 15.8. The fourth-order valence-corrected chi connectivity index (χ4v) is 8.20. The summed E-state index contributed by atoms with van der Waals surface area (Å²) >= 11 is 6.46. The van der Waals surface area contributed by atoms with Gasteiger partial charge in [-0.1, -0.05) is 32.5 Å². The molecule has 2 amide bonds. The molecule has 1 saturated carbocycles. The van der Waals surface area contributed by atoms with E-state index in [0.29, 0.717) is 6.61 Å². The van der Waals surface area contributed by atoms with Crippen molar-refractivity contribution in [3.05, 3.63) is 0 Å². The van der Waals surface area contributed by atoms with Crippen LogP contribution >= 0.6 is 24.0 Å². The molecule has 0 aromatic rings. The standard InChI is InChI=1S/C24H39NO8S2Si/c1-11-32-22(34)35-24(17(20(28)30-7)18(24)21(29)31-8)12-15-16(19(27)25(15)14(3)26)13(2)33-36(9,10)23(4,5)6/h13,15-18H,11-12H2,1-10H3/t13-,15-,16-,17+,18+/m1/s1. The maximum atomic E-state index is 13.2. The summed E-state index contributed by atoms with van der Waals surface area (Å²) in [6, 6.07) is -0.589. The Morgan fingerprint density at radius 2 is 1.64 bits per heavy atom. The van der Waals surface area contributed by atoms with Crippen molar-refractivity contribution in [2.24, 2.45) is 17.8 Å². The molecule has 0 radical (unpaired) electrons.